The Morgan fingerprint density at radius 3 is 2.60 bits per heavy atom. The quantitative estimate of drug-likeness (QED) is 0.622. The molecular formula is C16H23NO2Si. The van der Waals surface area contributed by atoms with Crippen LogP contribution in [0, 0.1) is 6.92 Å². The molecule has 2 aromatic rings. The summed E-state index contributed by atoms with van der Waals surface area (Å²) in [4.78, 5) is 12.0. The van der Waals surface area contributed by atoms with E-state index in [1.54, 1.807) is 10.6 Å². The van der Waals surface area contributed by atoms with E-state index in [-0.39, 0.29) is 5.56 Å². The topological polar surface area (TPSA) is 31.2 Å². The van der Waals surface area contributed by atoms with Crippen molar-refractivity contribution >= 4 is 19.0 Å². The monoisotopic (exact) mass is 289 g/mol. The SMILES string of the molecule is Cc1ccc2c(ccc(=O)n2COCC[Si](C)(C)C)c1. The van der Waals surface area contributed by atoms with Gasteiger partial charge in [-0.1, -0.05) is 31.3 Å². The number of hydrogen-bond donors (Lipinski definition) is 0. The van der Waals surface area contributed by atoms with E-state index in [9.17, 15) is 4.79 Å². The number of pyridine rings is 1. The van der Waals surface area contributed by atoms with E-state index in [2.05, 4.69) is 32.6 Å². The van der Waals surface area contributed by atoms with E-state index >= 15 is 0 Å². The Bertz CT molecular complexity index is 656. The van der Waals surface area contributed by atoms with Crippen LogP contribution in [0.25, 0.3) is 10.9 Å². The van der Waals surface area contributed by atoms with Gasteiger partial charge in [0, 0.05) is 20.7 Å². The summed E-state index contributed by atoms with van der Waals surface area (Å²) in [6, 6.07) is 10.7. The van der Waals surface area contributed by atoms with Crippen LogP contribution in [-0.4, -0.2) is 19.2 Å². The van der Waals surface area contributed by atoms with Gasteiger partial charge in [0.25, 0.3) is 5.56 Å². The Morgan fingerprint density at radius 2 is 1.90 bits per heavy atom. The van der Waals surface area contributed by atoms with Gasteiger partial charge in [0.1, 0.15) is 6.73 Å². The molecule has 0 fully saturated rings. The highest BCUT2D eigenvalue weighted by Gasteiger charge is 2.12. The third-order valence-electron chi connectivity index (χ3n) is 3.36. The molecule has 0 unspecified atom stereocenters. The first kappa shape index (κ1) is 15.0. The Balaban J connectivity index is 2.17. The molecule has 0 bridgehead atoms. The summed E-state index contributed by atoms with van der Waals surface area (Å²) < 4.78 is 7.42. The molecule has 0 aliphatic rings. The van der Waals surface area contributed by atoms with Crippen LogP contribution in [0.5, 0.6) is 0 Å². The van der Waals surface area contributed by atoms with Crippen molar-refractivity contribution in [3.8, 4) is 0 Å². The van der Waals surface area contributed by atoms with E-state index < -0.39 is 8.07 Å². The number of benzene rings is 1. The van der Waals surface area contributed by atoms with Gasteiger partial charge in [-0.05, 0) is 36.6 Å². The van der Waals surface area contributed by atoms with Gasteiger partial charge in [-0.2, -0.15) is 0 Å². The second kappa shape index (κ2) is 5.93. The molecule has 1 heterocycles. The Morgan fingerprint density at radius 1 is 1.15 bits per heavy atom. The van der Waals surface area contributed by atoms with E-state index in [1.165, 1.54) is 5.56 Å². The first-order chi connectivity index (χ1) is 9.37. The van der Waals surface area contributed by atoms with Crippen molar-refractivity contribution in [2.75, 3.05) is 6.61 Å². The number of fused-ring (bicyclic) bond motifs is 1. The third kappa shape index (κ3) is 3.80. The van der Waals surface area contributed by atoms with Crippen LogP contribution in [0.15, 0.2) is 35.1 Å². The summed E-state index contributed by atoms with van der Waals surface area (Å²) in [5.74, 6) is 0. The molecule has 1 aromatic heterocycles. The van der Waals surface area contributed by atoms with Crippen LogP contribution in [-0.2, 0) is 11.5 Å². The molecule has 0 radical (unpaired) electrons. The van der Waals surface area contributed by atoms with Crippen LogP contribution in [0.2, 0.25) is 25.7 Å². The number of rotatable bonds is 5. The van der Waals surface area contributed by atoms with E-state index in [0.29, 0.717) is 6.73 Å². The lowest BCUT2D eigenvalue weighted by molar-refractivity contribution is 0.0879. The molecule has 1 aromatic carbocycles. The zero-order valence-corrected chi connectivity index (χ0v) is 13.8. The normalized spacial score (nSPS) is 12.0. The number of aromatic nitrogens is 1. The summed E-state index contributed by atoms with van der Waals surface area (Å²) in [6.07, 6.45) is 0. The van der Waals surface area contributed by atoms with E-state index in [4.69, 9.17) is 4.74 Å². The van der Waals surface area contributed by atoms with Crippen LogP contribution in [0.1, 0.15) is 5.56 Å². The average molecular weight is 289 g/mol. The van der Waals surface area contributed by atoms with Crippen molar-refractivity contribution in [2.45, 2.75) is 39.3 Å². The van der Waals surface area contributed by atoms with Crippen LogP contribution >= 0.6 is 0 Å². The van der Waals surface area contributed by atoms with Crippen molar-refractivity contribution in [1.29, 1.82) is 0 Å². The average Bonchev–Trinajstić information content (AvgIpc) is 2.35. The molecule has 20 heavy (non-hydrogen) atoms. The highest BCUT2D eigenvalue weighted by Crippen LogP contribution is 2.14. The smallest absolute Gasteiger partial charge is 0.252 e. The molecule has 4 heteroatoms. The molecule has 0 saturated carbocycles. The first-order valence-corrected chi connectivity index (χ1v) is 10.8. The van der Waals surface area contributed by atoms with Crippen LogP contribution < -0.4 is 5.56 Å². The summed E-state index contributed by atoms with van der Waals surface area (Å²) >= 11 is 0. The lowest BCUT2D eigenvalue weighted by Crippen LogP contribution is -2.24. The number of ether oxygens (including phenoxy) is 1. The summed E-state index contributed by atoms with van der Waals surface area (Å²) in [7, 11) is -1.08. The second-order valence-corrected chi connectivity index (χ2v) is 12.1. The highest BCUT2D eigenvalue weighted by atomic mass is 28.3. The molecule has 3 nitrogen and oxygen atoms in total. The van der Waals surface area contributed by atoms with E-state index in [1.807, 2.05) is 18.2 Å². The van der Waals surface area contributed by atoms with Gasteiger partial charge in [-0.15, -0.1) is 0 Å². The fraction of sp³-hybridized carbons (Fsp3) is 0.438. The number of hydrogen-bond acceptors (Lipinski definition) is 2. The molecule has 0 aliphatic heterocycles. The van der Waals surface area contributed by atoms with Gasteiger partial charge in [0.05, 0.1) is 5.52 Å². The van der Waals surface area contributed by atoms with Gasteiger partial charge in [-0.25, -0.2) is 0 Å². The zero-order valence-electron chi connectivity index (χ0n) is 12.8. The second-order valence-electron chi connectivity index (χ2n) is 6.51. The molecule has 0 amide bonds. The maximum Gasteiger partial charge on any atom is 0.252 e. The van der Waals surface area contributed by atoms with Gasteiger partial charge in [-0.3, -0.25) is 9.36 Å². The molecule has 108 valence electrons. The maximum atomic E-state index is 12.0. The molecular weight excluding hydrogens is 266 g/mol. The molecule has 0 aliphatic carbocycles. The van der Waals surface area contributed by atoms with Crippen molar-refractivity contribution in [1.82, 2.24) is 4.57 Å². The van der Waals surface area contributed by atoms with Gasteiger partial charge in [0.2, 0.25) is 0 Å². The Hall–Kier alpha value is -1.39. The minimum absolute atomic E-state index is 0.00523. The van der Waals surface area contributed by atoms with Crippen molar-refractivity contribution in [3.05, 3.63) is 46.2 Å². The largest absolute Gasteiger partial charge is 0.361 e. The van der Waals surface area contributed by atoms with E-state index in [0.717, 1.165) is 23.6 Å². The van der Waals surface area contributed by atoms with Gasteiger partial charge in [0.15, 0.2) is 0 Å². The predicted octanol–water partition coefficient (Wildman–Crippen LogP) is 3.62. The predicted molar refractivity (Wildman–Crippen MR) is 87.1 cm³/mol. The van der Waals surface area contributed by atoms with Gasteiger partial charge >= 0.3 is 0 Å². The van der Waals surface area contributed by atoms with Crippen molar-refractivity contribution in [2.24, 2.45) is 0 Å². The summed E-state index contributed by atoms with van der Waals surface area (Å²) in [5.41, 5.74) is 2.13. The van der Waals surface area contributed by atoms with Crippen LogP contribution in [0.3, 0.4) is 0 Å². The minimum Gasteiger partial charge on any atom is -0.361 e. The maximum absolute atomic E-state index is 12.0. The molecule has 0 saturated heterocycles. The van der Waals surface area contributed by atoms with Crippen LogP contribution in [0.4, 0.5) is 0 Å². The summed E-state index contributed by atoms with van der Waals surface area (Å²) in [5, 5.41) is 1.08. The highest BCUT2D eigenvalue weighted by molar-refractivity contribution is 6.76. The molecule has 0 atom stereocenters. The van der Waals surface area contributed by atoms with Crippen molar-refractivity contribution < 1.29 is 4.74 Å². The molecule has 0 N–H and O–H groups in total. The summed E-state index contributed by atoms with van der Waals surface area (Å²) in [6.45, 7) is 10.1. The lowest BCUT2D eigenvalue weighted by atomic mass is 10.1. The van der Waals surface area contributed by atoms with Crippen molar-refractivity contribution in [3.63, 3.8) is 0 Å². The zero-order chi connectivity index (χ0) is 14.8. The molecule has 0 spiro atoms. The number of aryl methyl sites for hydroxylation is 1. The Labute approximate surface area is 121 Å². The third-order valence-corrected chi connectivity index (χ3v) is 5.07. The standard InChI is InChI=1S/C16H23NO2Si/c1-13-5-7-15-14(11-13)6-8-16(18)17(15)12-19-9-10-20(2,3)4/h5-8,11H,9-10,12H2,1-4H3. The van der Waals surface area contributed by atoms with Gasteiger partial charge < -0.3 is 4.74 Å². The molecule has 2 rings (SSSR count). The lowest BCUT2D eigenvalue weighted by Gasteiger charge is -2.16. The first-order valence-electron chi connectivity index (χ1n) is 7.05. The fourth-order valence-electron chi connectivity index (χ4n) is 2.09. The minimum atomic E-state index is -1.08. The number of nitrogens with zero attached hydrogens (tertiary/aromatic N) is 1. The Kier molecular flexibility index (Phi) is 4.45. The fourth-order valence-corrected chi connectivity index (χ4v) is 2.85.